The van der Waals surface area contributed by atoms with Crippen molar-refractivity contribution in [3.05, 3.63) is 0 Å². The zero-order valence-corrected chi connectivity index (χ0v) is 20.5. The first-order valence-electron chi connectivity index (χ1n) is 10.3. The fraction of sp³-hybridized carbons (Fsp3) is 0.667. The van der Waals surface area contributed by atoms with Gasteiger partial charge in [0.05, 0.1) is 0 Å². The van der Waals surface area contributed by atoms with Crippen molar-refractivity contribution in [3.8, 4) is 0 Å². The number of hydrogen-bond acceptors (Lipinski definition) is 14. The molecule has 0 amide bonds. The first kappa shape index (κ1) is 31.3. The van der Waals surface area contributed by atoms with Gasteiger partial charge >= 0.3 is 41.8 Å². The van der Waals surface area contributed by atoms with Gasteiger partial charge in [0.15, 0.2) is 30.5 Å². The molecule has 0 aromatic rings. The highest BCUT2D eigenvalue weighted by atomic mass is 16.7. The summed E-state index contributed by atoms with van der Waals surface area (Å²) >= 11 is 0. The Labute approximate surface area is 201 Å². The van der Waals surface area contributed by atoms with Crippen molar-refractivity contribution >= 4 is 41.8 Å². The monoisotopic (exact) mass is 506 g/mol. The average Bonchev–Trinajstić information content (AvgIpc) is 2.68. The quantitative estimate of drug-likeness (QED) is 0.236. The minimum Gasteiger partial charge on any atom is -0.462 e. The van der Waals surface area contributed by atoms with Crippen molar-refractivity contribution in [1.29, 1.82) is 0 Å². The summed E-state index contributed by atoms with van der Waals surface area (Å²) < 4.78 is 35.7. The molecule has 0 aromatic carbocycles. The van der Waals surface area contributed by atoms with Gasteiger partial charge in [-0.3, -0.25) is 33.6 Å². The van der Waals surface area contributed by atoms with E-state index < -0.39 is 85.5 Å². The highest BCUT2D eigenvalue weighted by molar-refractivity contribution is 5.70. The lowest BCUT2D eigenvalue weighted by Crippen LogP contribution is -2.57. The molecule has 0 radical (unpaired) electrons. The SMILES string of the molecule is CC(=O)OC[C@@H](OC(C)=O)[C@@H](OC(C)=O)C(OC(C)=O)[C@H](OC(C)=O)[C@@H](COC(C)=O)OC(C)=O. The summed E-state index contributed by atoms with van der Waals surface area (Å²) in [5.74, 6) is -6.19. The Bertz CT molecular complexity index is 746. The third-order valence-corrected chi connectivity index (χ3v) is 3.82. The summed E-state index contributed by atoms with van der Waals surface area (Å²) in [6.07, 6.45) is -8.39. The van der Waals surface area contributed by atoms with Crippen LogP contribution in [0.15, 0.2) is 0 Å². The molecule has 0 saturated heterocycles. The molecule has 14 heteroatoms. The van der Waals surface area contributed by atoms with E-state index >= 15 is 0 Å². The Morgan fingerprint density at radius 3 is 0.886 bits per heavy atom. The maximum atomic E-state index is 12.0. The number of ether oxygens (including phenoxy) is 7. The molecule has 0 aliphatic carbocycles. The average molecular weight is 506 g/mol. The number of carbonyl (C=O) groups is 7. The van der Waals surface area contributed by atoms with E-state index in [0.29, 0.717) is 0 Å². The summed E-state index contributed by atoms with van der Waals surface area (Å²) in [5.41, 5.74) is 0. The van der Waals surface area contributed by atoms with Crippen molar-refractivity contribution in [3.63, 3.8) is 0 Å². The van der Waals surface area contributed by atoms with Crippen LogP contribution in [0.25, 0.3) is 0 Å². The number of hydrogen-bond donors (Lipinski definition) is 0. The van der Waals surface area contributed by atoms with E-state index in [2.05, 4.69) is 0 Å². The zero-order chi connectivity index (χ0) is 27.3. The van der Waals surface area contributed by atoms with Gasteiger partial charge in [0.1, 0.15) is 13.2 Å². The Hall–Kier alpha value is -3.71. The van der Waals surface area contributed by atoms with Crippen molar-refractivity contribution in [1.82, 2.24) is 0 Å². The molecule has 0 unspecified atom stereocenters. The third-order valence-electron chi connectivity index (χ3n) is 3.82. The van der Waals surface area contributed by atoms with Crippen LogP contribution in [0.3, 0.4) is 0 Å². The van der Waals surface area contributed by atoms with Gasteiger partial charge in [0.2, 0.25) is 0 Å². The molecule has 0 fully saturated rings. The van der Waals surface area contributed by atoms with Crippen molar-refractivity contribution in [2.24, 2.45) is 0 Å². The topological polar surface area (TPSA) is 184 Å². The number of esters is 7. The van der Waals surface area contributed by atoms with Crippen LogP contribution >= 0.6 is 0 Å². The van der Waals surface area contributed by atoms with Crippen LogP contribution in [0.4, 0.5) is 0 Å². The van der Waals surface area contributed by atoms with Gasteiger partial charge in [-0.05, 0) is 0 Å². The molecular weight excluding hydrogens is 476 g/mol. The largest absolute Gasteiger partial charge is 0.462 e. The minimum absolute atomic E-state index is 0.653. The van der Waals surface area contributed by atoms with Gasteiger partial charge in [-0.1, -0.05) is 0 Å². The Morgan fingerprint density at radius 2 is 0.657 bits per heavy atom. The molecule has 35 heavy (non-hydrogen) atoms. The van der Waals surface area contributed by atoms with Crippen LogP contribution in [0.2, 0.25) is 0 Å². The summed E-state index contributed by atoms with van der Waals surface area (Å²) in [4.78, 5) is 81.9. The fourth-order valence-electron chi connectivity index (χ4n) is 2.82. The smallest absolute Gasteiger partial charge is 0.303 e. The second kappa shape index (κ2) is 15.2. The van der Waals surface area contributed by atoms with E-state index in [0.717, 1.165) is 48.5 Å². The summed E-state index contributed by atoms with van der Waals surface area (Å²) in [6, 6.07) is 0. The molecule has 4 atom stereocenters. The maximum absolute atomic E-state index is 12.0. The van der Waals surface area contributed by atoms with Crippen LogP contribution < -0.4 is 0 Å². The van der Waals surface area contributed by atoms with Gasteiger partial charge < -0.3 is 33.2 Å². The van der Waals surface area contributed by atoms with E-state index in [1.54, 1.807) is 0 Å². The van der Waals surface area contributed by atoms with Crippen LogP contribution in [0.5, 0.6) is 0 Å². The van der Waals surface area contributed by atoms with E-state index in [9.17, 15) is 33.6 Å². The number of carbonyl (C=O) groups excluding carboxylic acids is 7. The molecular formula is C21H30O14. The standard InChI is InChI=1S/C21H30O14/c1-10(22)29-8-17(31-12(3)24)19(33-14(5)26)21(35-16(7)28)20(34-15(6)27)18(32-13(4)25)9-30-11(2)23/h17-21H,8-9H2,1-7H3/t17-,18-,19-,20-/m1/s1. The highest BCUT2D eigenvalue weighted by Crippen LogP contribution is 2.24. The predicted octanol–water partition coefficient (Wildman–Crippen LogP) is -0.229. The Kier molecular flexibility index (Phi) is 13.6. The van der Waals surface area contributed by atoms with Crippen molar-refractivity contribution in [2.75, 3.05) is 13.2 Å². The van der Waals surface area contributed by atoms with Crippen LogP contribution in [0, 0.1) is 0 Å². The predicted molar refractivity (Wildman–Crippen MR) is 111 cm³/mol. The molecule has 0 N–H and O–H groups in total. The van der Waals surface area contributed by atoms with Crippen molar-refractivity contribution in [2.45, 2.75) is 79.0 Å². The summed E-state index contributed by atoms with van der Waals surface area (Å²) in [7, 11) is 0. The van der Waals surface area contributed by atoms with Crippen LogP contribution in [-0.4, -0.2) is 85.5 Å². The van der Waals surface area contributed by atoms with E-state index in [-0.39, 0.29) is 0 Å². The lowest BCUT2D eigenvalue weighted by Gasteiger charge is -2.37. The van der Waals surface area contributed by atoms with Gasteiger partial charge in [-0.25, -0.2) is 0 Å². The molecule has 0 saturated carbocycles. The zero-order valence-electron chi connectivity index (χ0n) is 20.5. The fourth-order valence-corrected chi connectivity index (χ4v) is 2.82. The molecule has 0 bridgehead atoms. The first-order chi connectivity index (χ1) is 16.1. The first-order valence-corrected chi connectivity index (χ1v) is 10.3. The molecule has 0 spiro atoms. The summed E-state index contributed by atoms with van der Waals surface area (Å²) in [5, 5.41) is 0. The second-order valence-corrected chi connectivity index (χ2v) is 7.12. The molecule has 0 aliphatic rings. The lowest BCUT2D eigenvalue weighted by molar-refractivity contribution is -0.216. The molecule has 14 nitrogen and oxygen atoms in total. The van der Waals surface area contributed by atoms with Crippen LogP contribution in [0.1, 0.15) is 48.5 Å². The van der Waals surface area contributed by atoms with Gasteiger partial charge in [-0.15, -0.1) is 0 Å². The van der Waals surface area contributed by atoms with Crippen LogP contribution in [-0.2, 0) is 66.7 Å². The van der Waals surface area contributed by atoms with E-state index in [1.165, 1.54) is 0 Å². The maximum Gasteiger partial charge on any atom is 0.303 e. The number of rotatable bonds is 13. The van der Waals surface area contributed by atoms with E-state index in [1.807, 2.05) is 0 Å². The van der Waals surface area contributed by atoms with Gasteiger partial charge in [0.25, 0.3) is 0 Å². The molecule has 0 heterocycles. The summed E-state index contributed by atoms with van der Waals surface area (Å²) in [6.45, 7) is 5.78. The Balaban J connectivity index is 6.75. The highest BCUT2D eigenvalue weighted by Gasteiger charge is 2.48. The lowest BCUT2D eigenvalue weighted by atomic mass is 9.98. The molecule has 198 valence electrons. The van der Waals surface area contributed by atoms with Gasteiger partial charge in [-0.2, -0.15) is 0 Å². The second-order valence-electron chi connectivity index (χ2n) is 7.12. The minimum atomic E-state index is -1.79. The van der Waals surface area contributed by atoms with Gasteiger partial charge in [0, 0.05) is 48.5 Å². The van der Waals surface area contributed by atoms with E-state index in [4.69, 9.17) is 33.2 Å². The van der Waals surface area contributed by atoms with Crippen molar-refractivity contribution < 1.29 is 66.7 Å². The molecule has 0 aliphatic heterocycles. The molecule has 0 rings (SSSR count). The normalized spacial score (nSPS) is 13.8. The Morgan fingerprint density at radius 1 is 0.400 bits per heavy atom. The third kappa shape index (κ3) is 13.6. The molecule has 0 aromatic heterocycles.